The van der Waals surface area contributed by atoms with Crippen LogP contribution in [0.25, 0.3) is 0 Å². The lowest BCUT2D eigenvalue weighted by Crippen LogP contribution is -2.51. The van der Waals surface area contributed by atoms with Gasteiger partial charge in [0.2, 0.25) is 9.04 Å². The van der Waals surface area contributed by atoms with Gasteiger partial charge in [0.05, 0.1) is 7.11 Å². The average Bonchev–Trinajstić information content (AvgIpc) is 3.18. The van der Waals surface area contributed by atoms with Crippen LogP contribution in [0.5, 0.6) is 0 Å². The molecule has 0 saturated heterocycles. The van der Waals surface area contributed by atoms with Crippen LogP contribution in [0, 0.1) is 40.4 Å². The van der Waals surface area contributed by atoms with Gasteiger partial charge in [0.25, 0.3) is 0 Å². The molecule has 0 spiro atoms. The summed E-state index contributed by atoms with van der Waals surface area (Å²) >= 11 is 0. The number of hydrogen-bond acceptors (Lipinski definition) is 3. The normalized spacial score (nSPS) is 38.6. The van der Waals surface area contributed by atoms with Crippen LogP contribution >= 0.6 is 0 Å². The zero-order chi connectivity index (χ0) is 27.2. The molecule has 0 bridgehead atoms. The molecule has 0 aromatic heterocycles. The Morgan fingerprint density at radius 2 is 1.81 bits per heavy atom. The smallest absolute Gasteiger partial charge is 0.305 e. The van der Waals surface area contributed by atoms with E-state index in [2.05, 4.69) is 61.5 Å². The number of carbonyl (C=O) groups is 1. The number of hydrogen-bond donors (Lipinski definition) is 0. The summed E-state index contributed by atoms with van der Waals surface area (Å²) in [6.45, 7) is 19.6. The van der Waals surface area contributed by atoms with Gasteiger partial charge in [-0.25, -0.2) is 0 Å². The molecule has 3 nitrogen and oxygen atoms in total. The molecular weight excluding hydrogens is 472 g/mol. The number of rotatable bonds is 8. The first-order chi connectivity index (χ1) is 17.3. The Labute approximate surface area is 230 Å². The van der Waals surface area contributed by atoms with E-state index in [9.17, 15) is 4.79 Å². The van der Waals surface area contributed by atoms with E-state index in [1.54, 1.807) is 5.57 Å². The molecule has 37 heavy (non-hydrogen) atoms. The van der Waals surface area contributed by atoms with E-state index in [0.717, 1.165) is 36.5 Å². The predicted octanol–water partition coefficient (Wildman–Crippen LogP) is 9.13. The van der Waals surface area contributed by atoms with Gasteiger partial charge in [-0.1, -0.05) is 67.0 Å². The Balaban J connectivity index is 1.43. The van der Waals surface area contributed by atoms with Gasteiger partial charge in [0.15, 0.2) is 0 Å². The van der Waals surface area contributed by atoms with Crippen molar-refractivity contribution < 1.29 is 14.0 Å². The van der Waals surface area contributed by atoms with Gasteiger partial charge in [0, 0.05) is 12.5 Å². The zero-order valence-corrected chi connectivity index (χ0v) is 26.6. The Kier molecular flexibility index (Phi) is 8.81. The van der Waals surface area contributed by atoms with E-state index in [-0.39, 0.29) is 11.0 Å². The minimum absolute atomic E-state index is 0.0544. The van der Waals surface area contributed by atoms with Gasteiger partial charge in [0.1, 0.15) is 0 Å². The second kappa shape index (κ2) is 11.1. The van der Waals surface area contributed by atoms with Gasteiger partial charge in [-0.05, 0) is 115 Å². The average molecular weight is 530 g/mol. The molecule has 0 aliphatic heterocycles. The van der Waals surface area contributed by atoms with Gasteiger partial charge < -0.3 is 9.16 Å². The minimum atomic E-state index is -0.855. The van der Waals surface area contributed by atoms with Crippen molar-refractivity contribution in [1.82, 2.24) is 0 Å². The summed E-state index contributed by atoms with van der Waals surface area (Å²) in [6.07, 6.45) is 16.5. The molecule has 0 unspecified atom stereocenters. The second-order valence-corrected chi connectivity index (χ2v) is 18.8. The first kappa shape index (κ1) is 29.4. The van der Waals surface area contributed by atoms with E-state index >= 15 is 0 Å². The maximum absolute atomic E-state index is 11.6. The molecule has 0 amide bonds. The lowest BCUT2D eigenvalue weighted by atomic mass is 9.47. The fourth-order valence-corrected chi connectivity index (χ4v) is 12.9. The second-order valence-electron chi connectivity index (χ2n) is 15.2. The van der Waals surface area contributed by atoms with Crippen molar-refractivity contribution >= 4 is 15.0 Å². The Hall–Kier alpha value is -0.613. The quantitative estimate of drug-likeness (QED) is 0.179. The highest BCUT2D eigenvalue weighted by Gasteiger charge is 2.59. The van der Waals surface area contributed by atoms with Gasteiger partial charge >= 0.3 is 5.97 Å². The monoisotopic (exact) mass is 529 g/mol. The Morgan fingerprint density at radius 3 is 2.46 bits per heavy atom. The molecule has 3 fully saturated rings. The largest absolute Gasteiger partial charge is 0.469 e. The van der Waals surface area contributed by atoms with E-state index < -0.39 is 9.04 Å². The lowest BCUT2D eigenvalue weighted by Gasteiger charge is -2.58. The summed E-state index contributed by atoms with van der Waals surface area (Å²) in [5.74, 6) is 4.06. The molecule has 3 saturated carbocycles. The van der Waals surface area contributed by atoms with Crippen molar-refractivity contribution in [3.8, 4) is 0 Å². The predicted molar refractivity (Wildman–Crippen MR) is 156 cm³/mol. The van der Waals surface area contributed by atoms with Gasteiger partial charge in [-0.3, -0.25) is 4.79 Å². The van der Waals surface area contributed by atoms with Crippen LogP contribution in [0.2, 0.25) is 10.6 Å². The molecule has 211 valence electrons. The molecule has 1 radical (unpaired) electrons. The van der Waals surface area contributed by atoms with Gasteiger partial charge in [-0.2, -0.15) is 0 Å². The van der Waals surface area contributed by atoms with Crippen molar-refractivity contribution in [2.24, 2.45) is 40.4 Å². The fourth-order valence-electron chi connectivity index (χ4n) is 9.93. The van der Waals surface area contributed by atoms with Crippen LogP contribution in [-0.4, -0.2) is 28.2 Å². The van der Waals surface area contributed by atoms with Crippen LogP contribution in [-0.2, 0) is 14.0 Å². The summed E-state index contributed by atoms with van der Waals surface area (Å²) < 4.78 is 11.8. The van der Waals surface area contributed by atoms with Crippen LogP contribution in [0.15, 0.2) is 11.6 Å². The zero-order valence-electron chi connectivity index (χ0n) is 25.6. The van der Waals surface area contributed by atoms with Crippen LogP contribution in [0.4, 0.5) is 0 Å². The van der Waals surface area contributed by atoms with Crippen LogP contribution in [0.3, 0.4) is 0 Å². The molecule has 0 heterocycles. The van der Waals surface area contributed by atoms with Crippen molar-refractivity contribution in [2.45, 2.75) is 143 Å². The maximum Gasteiger partial charge on any atom is 0.305 e. The molecule has 0 N–H and O–H groups in total. The number of carbonyl (C=O) groups excluding carboxylic acids is 1. The Morgan fingerprint density at radius 1 is 1.08 bits per heavy atom. The minimum Gasteiger partial charge on any atom is -0.469 e. The summed E-state index contributed by atoms with van der Waals surface area (Å²) in [5.41, 5.74) is 3.27. The summed E-state index contributed by atoms with van der Waals surface area (Å²) in [5, 5.41) is 0.287. The van der Waals surface area contributed by atoms with E-state index in [4.69, 9.17) is 9.16 Å². The van der Waals surface area contributed by atoms with Crippen LogP contribution < -0.4 is 0 Å². The third-order valence-electron chi connectivity index (χ3n) is 11.6. The van der Waals surface area contributed by atoms with E-state index in [1.165, 1.54) is 58.5 Å². The number of ether oxygens (including phenoxy) is 1. The highest BCUT2D eigenvalue weighted by Crippen LogP contribution is 2.67. The first-order valence-electron chi connectivity index (χ1n) is 15.6. The van der Waals surface area contributed by atoms with Crippen LogP contribution in [0.1, 0.15) is 126 Å². The SMILES string of the molecule is COC(=O)CCC[C@@H](C)[C@H]1CC[C@H]2[C@@H]3CC=C4C[C@@H](O[Si](C(C)C)C(C)(C)C)CC[C@]4(C)[C@H]3CC[C@]12C. The maximum atomic E-state index is 11.6. The molecule has 4 aliphatic carbocycles. The van der Waals surface area contributed by atoms with Crippen molar-refractivity contribution in [2.75, 3.05) is 7.11 Å². The van der Waals surface area contributed by atoms with E-state index in [0.29, 0.717) is 34.8 Å². The van der Waals surface area contributed by atoms with E-state index in [1.807, 2.05) is 0 Å². The molecule has 4 aliphatic rings. The standard InChI is InChI=1S/C33H57O3Si/c1-22(2)37(31(4,5)6)36-25-17-19-32(7)24(21-25)13-14-26-28-16-15-27(33(28,8)20-18-29(26)32)23(3)11-10-12-30(34)35-9/h13,22-23,25-29H,10-12,14-21H2,1-9H3/t23-,25+,26+,27-,28+,29+,32+,33-/m1/s1. The topological polar surface area (TPSA) is 35.5 Å². The number of allylic oxidation sites excluding steroid dienone is 1. The fraction of sp³-hybridized carbons (Fsp3) is 0.909. The number of methoxy groups -OCH3 is 1. The van der Waals surface area contributed by atoms with Crippen molar-refractivity contribution in [3.05, 3.63) is 11.6 Å². The highest BCUT2D eigenvalue weighted by atomic mass is 28.3. The third-order valence-corrected chi connectivity index (χ3v) is 14.8. The van der Waals surface area contributed by atoms with Crippen molar-refractivity contribution in [3.63, 3.8) is 0 Å². The summed E-state index contributed by atoms with van der Waals surface area (Å²) in [7, 11) is 0.651. The Bertz CT molecular complexity index is 843. The summed E-state index contributed by atoms with van der Waals surface area (Å²) in [4.78, 5) is 11.6. The lowest BCUT2D eigenvalue weighted by molar-refractivity contribution is -0.140. The third kappa shape index (κ3) is 5.67. The molecule has 8 atom stereocenters. The molecule has 4 rings (SSSR count). The molecular formula is C33H57O3Si. The van der Waals surface area contributed by atoms with Gasteiger partial charge in [-0.15, -0.1) is 0 Å². The highest BCUT2D eigenvalue weighted by molar-refractivity contribution is 6.56. The molecule has 0 aromatic carbocycles. The first-order valence-corrected chi connectivity index (χ1v) is 17.1. The summed E-state index contributed by atoms with van der Waals surface area (Å²) in [6, 6.07) is 0. The van der Waals surface area contributed by atoms with Crippen molar-refractivity contribution in [1.29, 1.82) is 0 Å². The number of esters is 1. The number of fused-ring (bicyclic) bond motifs is 5. The molecule has 4 heteroatoms. The molecule has 0 aromatic rings.